The van der Waals surface area contributed by atoms with Gasteiger partial charge in [-0.1, -0.05) is 17.7 Å². The maximum Gasteiger partial charge on any atom is 0.251 e. The van der Waals surface area contributed by atoms with Gasteiger partial charge in [0.2, 0.25) is 5.89 Å². The Morgan fingerprint density at radius 3 is 2.64 bits per heavy atom. The minimum atomic E-state index is 0.472. The van der Waals surface area contributed by atoms with Crippen LogP contribution < -0.4 is 5.32 Å². The van der Waals surface area contributed by atoms with E-state index in [9.17, 15) is 0 Å². The number of nitrogens with one attached hydrogen (secondary N) is 1. The van der Waals surface area contributed by atoms with Crippen molar-refractivity contribution in [2.75, 3.05) is 44.7 Å². The van der Waals surface area contributed by atoms with E-state index in [-0.39, 0.29) is 0 Å². The normalized spacial score (nSPS) is 14.9. The van der Waals surface area contributed by atoms with E-state index in [2.05, 4.69) is 32.3 Å². The number of rotatable bonds is 7. The van der Waals surface area contributed by atoms with Crippen LogP contribution in [0, 0.1) is 6.92 Å². The fourth-order valence-electron chi connectivity index (χ4n) is 3.20. The van der Waals surface area contributed by atoms with Crippen LogP contribution in [-0.4, -0.2) is 59.5 Å². The lowest BCUT2D eigenvalue weighted by Gasteiger charge is -2.26. The summed E-state index contributed by atoms with van der Waals surface area (Å²) in [6.45, 7) is 7.63. The molecule has 0 amide bonds. The molecule has 1 aromatic carbocycles. The van der Waals surface area contributed by atoms with Crippen molar-refractivity contribution in [3.63, 3.8) is 0 Å². The fourth-order valence-corrected chi connectivity index (χ4v) is 3.20. The molecule has 0 unspecified atom stereocenters. The zero-order valence-electron chi connectivity index (χ0n) is 16.1. The second-order valence-electron chi connectivity index (χ2n) is 6.91. The molecule has 1 N–H and O–H groups in total. The molecule has 0 spiro atoms. The first-order valence-corrected chi connectivity index (χ1v) is 9.69. The first-order valence-electron chi connectivity index (χ1n) is 9.69. The van der Waals surface area contributed by atoms with Gasteiger partial charge in [0.05, 0.1) is 18.8 Å². The molecule has 28 heavy (non-hydrogen) atoms. The predicted molar refractivity (Wildman–Crippen MR) is 108 cm³/mol. The van der Waals surface area contributed by atoms with Gasteiger partial charge in [-0.05, 0) is 44.2 Å². The molecule has 1 aliphatic rings. The van der Waals surface area contributed by atoms with Gasteiger partial charge in [0, 0.05) is 31.4 Å². The van der Waals surface area contributed by atoms with Gasteiger partial charge in [-0.25, -0.2) is 4.98 Å². The summed E-state index contributed by atoms with van der Waals surface area (Å²) in [7, 11) is 0. The lowest BCUT2D eigenvalue weighted by molar-refractivity contribution is 0.0378. The molecule has 2 aromatic heterocycles. The molecule has 146 valence electrons. The topological polar surface area (TPSA) is 76.3 Å². The Kier molecular flexibility index (Phi) is 5.94. The van der Waals surface area contributed by atoms with E-state index in [4.69, 9.17) is 9.15 Å². The Labute approximate surface area is 164 Å². The number of morpholine rings is 1. The highest BCUT2D eigenvalue weighted by Gasteiger charge is 2.15. The van der Waals surface area contributed by atoms with Gasteiger partial charge in [0.25, 0.3) is 5.89 Å². The Hall–Kier alpha value is -2.77. The number of aryl methyl sites for hydroxylation is 1. The summed E-state index contributed by atoms with van der Waals surface area (Å²) in [6.07, 6.45) is 2.81. The summed E-state index contributed by atoms with van der Waals surface area (Å²) in [5.41, 5.74) is 2.92. The van der Waals surface area contributed by atoms with Crippen molar-refractivity contribution in [2.24, 2.45) is 0 Å². The molecular weight excluding hydrogens is 354 g/mol. The molecule has 0 bridgehead atoms. The van der Waals surface area contributed by atoms with Crippen molar-refractivity contribution in [1.29, 1.82) is 0 Å². The highest BCUT2D eigenvalue weighted by Crippen LogP contribution is 2.28. The van der Waals surface area contributed by atoms with Crippen LogP contribution in [0.4, 0.5) is 5.82 Å². The molecule has 4 rings (SSSR count). The van der Waals surface area contributed by atoms with Crippen LogP contribution in [0.2, 0.25) is 0 Å². The summed E-state index contributed by atoms with van der Waals surface area (Å²) in [4.78, 5) is 6.89. The van der Waals surface area contributed by atoms with Gasteiger partial charge in [0.1, 0.15) is 5.82 Å². The van der Waals surface area contributed by atoms with E-state index in [0.29, 0.717) is 11.8 Å². The van der Waals surface area contributed by atoms with E-state index >= 15 is 0 Å². The number of benzene rings is 1. The van der Waals surface area contributed by atoms with Gasteiger partial charge in [-0.2, -0.15) is 0 Å². The Bertz CT molecular complexity index is 888. The molecular formula is C21H25N5O2. The van der Waals surface area contributed by atoms with Crippen molar-refractivity contribution in [1.82, 2.24) is 20.1 Å². The summed E-state index contributed by atoms with van der Waals surface area (Å²) in [6, 6.07) is 11.9. The van der Waals surface area contributed by atoms with E-state index in [1.54, 1.807) is 6.20 Å². The molecule has 0 radical (unpaired) electrons. The van der Waals surface area contributed by atoms with Crippen LogP contribution in [0.5, 0.6) is 0 Å². The molecule has 0 saturated carbocycles. The third-order valence-electron chi connectivity index (χ3n) is 4.81. The quantitative estimate of drug-likeness (QED) is 0.632. The summed E-state index contributed by atoms with van der Waals surface area (Å²) in [5, 5.41) is 11.8. The van der Waals surface area contributed by atoms with Crippen LogP contribution in [0.15, 0.2) is 47.0 Å². The maximum atomic E-state index is 5.91. The van der Waals surface area contributed by atoms with Crippen LogP contribution >= 0.6 is 0 Å². The van der Waals surface area contributed by atoms with Crippen molar-refractivity contribution in [3.05, 3.63) is 48.2 Å². The minimum absolute atomic E-state index is 0.472. The molecule has 0 atom stereocenters. The number of anilines is 1. The smallest absolute Gasteiger partial charge is 0.251 e. The van der Waals surface area contributed by atoms with E-state index in [1.807, 2.05) is 36.4 Å². The van der Waals surface area contributed by atoms with E-state index < -0.39 is 0 Å². The predicted octanol–water partition coefficient (Wildman–Crippen LogP) is 3.24. The molecule has 1 fully saturated rings. The van der Waals surface area contributed by atoms with E-state index in [0.717, 1.165) is 62.8 Å². The number of nitrogens with zero attached hydrogens (tertiary/aromatic N) is 4. The number of hydrogen-bond donors (Lipinski definition) is 1. The fraction of sp³-hybridized carbons (Fsp3) is 0.381. The van der Waals surface area contributed by atoms with Crippen LogP contribution in [0.25, 0.3) is 22.9 Å². The zero-order chi connectivity index (χ0) is 19.2. The summed E-state index contributed by atoms with van der Waals surface area (Å²) in [5.74, 6) is 1.75. The molecule has 1 saturated heterocycles. The number of pyridine rings is 1. The second-order valence-corrected chi connectivity index (χ2v) is 6.91. The van der Waals surface area contributed by atoms with Gasteiger partial charge in [-0.15, -0.1) is 10.2 Å². The third kappa shape index (κ3) is 4.55. The summed E-state index contributed by atoms with van der Waals surface area (Å²) >= 11 is 0. The standard InChI is InChI=1S/C21H25N5O2/c1-16-5-7-17(8-6-16)20-24-25-21(28-20)18-4-2-9-22-19(18)23-10-3-11-26-12-14-27-15-13-26/h2,4-9H,3,10-15H2,1H3,(H,22,23). The van der Waals surface area contributed by atoms with Crippen LogP contribution in [-0.2, 0) is 4.74 Å². The third-order valence-corrected chi connectivity index (χ3v) is 4.81. The Balaban J connectivity index is 1.40. The Morgan fingerprint density at radius 1 is 1.04 bits per heavy atom. The lowest BCUT2D eigenvalue weighted by Crippen LogP contribution is -2.37. The van der Waals surface area contributed by atoms with Gasteiger partial charge < -0.3 is 14.5 Å². The lowest BCUT2D eigenvalue weighted by atomic mass is 10.1. The SMILES string of the molecule is Cc1ccc(-c2nnc(-c3cccnc3NCCCN3CCOCC3)o2)cc1. The number of ether oxygens (including phenoxy) is 1. The van der Waals surface area contributed by atoms with Gasteiger partial charge >= 0.3 is 0 Å². The van der Waals surface area contributed by atoms with E-state index in [1.165, 1.54) is 5.56 Å². The monoisotopic (exact) mass is 379 g/mol. The first-order chi connectivity index (χ1) is 13.8. The number of aromatic nitrogens is 3. The largest absolute Gasteiger partial charge is 0.416 e. The molecule has 0 aliphatic carbocycles. The average molecular weight is 379 g/mol. The molecule has 7 nitrogen and oxygen atoms in total. The Morgan fingerprint density at radius 2 is 1.82 bits per heavy atom. The zero-order valence-corrected chi connectivity index (χ0v) is 16.1. The first kappa shape index (κ1) is 18.6. The maximum absolute atomic E-state index is 5.91. The molecule has 3 heterocycles. The van der Waals surface area contributed by atoms with Crippen LogP contribution in [0.1, 0.15) is 12.0 Å². The molecule has 7 heteroatoms. The van der Waals surface area contributed by atoms with Crippen molar-refractivity contribution in [2.45, 2.75) is 13.3 Å². The molecule has 1 aliphatic heterocycles. The molecule has 3 aromatic rings. The van der Waals surface area contributed by atoms with Crippen molar-refractivity contribution >= 4 is 5.82 Å². The summed E-state index contributed by atoms with van der Waals surface area (Å²) < 4.78 is 11.3. The van der Waals surface area contributed by atoms with Gasteiger partial charge in [-0.3, -0.25) is 4.90 Å². The second kappa shape index (κ2) is 8.95. The average Bonchev–Trinajstić information content (AvgIpc) is 3.23. The van der Waals surface area contributed by atoms with Gasteiger partial charge in [0.15, 0.2) is 0 Å². The highest BCUT2D eigenvalue weighted by atomic mass is 16.5. The van der Waals surface area contributed by atoms with Crippen LogP contribution in [0.3, 0.4) is 0 Å². The van der Waals surface area contributed by atoms with Crippen molar-refractivity contribution in [3.8, 4) is 22.9 Å². The number of hydrogen-bond acceptors (Lipinski definition) is 7. The minimum Gasteiger partial charge on any atom is -0.416 e. The van der Waals surface area contributed by atoms with Crippen molar-refractivity contribution < 1.29 is 9.15 Å². The highest BCUT2D eigenvalue weighted by molar-refractivity contribution is 5.69.